The van der Waals surface area contributed by atoms with Crippen LogP contribution in [0, 0.1) is 6.92 Å². The number of benzene rings is 3. The zero-order chi connectivity index (χ0) is 31.9. The second-order valence-corrected chi connectivity index (χ2v) is 12.7. The summed E-state index contributed by atoms with van der Waals surface area (Å²) in [6.45, 7) is 6.24. The molecule has 0 aliphatic carbocycles. The molecule has 2 amide bonds. The number of anilines is 1. The molecule has 0 heterocycles. The van der Waals surface area contributed by atoms with E-state index in [1.165, 1.54) is 17.0 Å². The van der Waals surface area contributed by atoms with E-state index in [9.17, 15) is 31.2 Å². The van der Waals surface area contributed by atoms with Crippen molar-refractivity contribution in [3.8, 4) is 0 Å². The fraction of sp³-hybridized carbons (Fsp3) is 0.355. The van der Waals surface area contributed by atoms with Crippen molar-refractivity contribution in [3.05, 3.63) is 94.5 Å². The fourth-order valence-electron chi connectivity index (χ4n) is 4.53. The van der Waals surface area contributed by atoms with Crippen molar-refractivity contribution < 1.29 is 31.2 Å². The van der Waals surface area contributed by atoms with Crippen LogP contribution in [0.15, 0.2) is 77.7 Å². The summed E-state index contributed by atoms with van der Waals surface area (Å²) in [5.41, 5.74) is 0.0118. The molecule has 0 spiro atoms. The van der Waals surface area contributed by atoms with Crippen LogP contribution in [0.3, 0.4) is 0 Å². The monoisotopic (exact) mass is 637 g/mol. The highest BCUT2D eigenvalue weighted by molar-refractivity contribution is 7.92. The van der Waals surface area contributed by atoms with Crippen LogP contribution in [-0.2, 0) is 32.2 Å². The Balaban J connectivity index is 2.11. The summed E-state index contributed by atoms with van der Waals surface area (Å²) in [7, 11) is -4.54. The number of halogens is 4. The van der Waals surface area contributed by atoms with E-state index in [1.807, 2.05) is 30.3 Å². The maximum absolute atomic E-state index is 14.0. The predicted octanol–water partition coefficient (Wildman–Crippen LogP) is 6.24. The van der Waals surface area contributed by atoms with Crippen LogP contribution in [0.2, 0.25) is 5.02 Å². The number of sulfonamides is 1. The second kappa shape index (κ2) is 14.3. The Morgan fingerprint density at radius 1 is 0.977 bits per heavy atom. The van der Waals surface area contributed by atoms with Crippen molar-refractivity contribution in [2.45, 2.75) is 63.7 Å². The quantitative estimate of drug-likeness (QED) is 0.255. The van der Waals surface area contributed by atoms with E-state index in [0.717, 1.165) is 23.3 Å². The van der Waals surface area contributed by atoms with Gasteiger partial charge >= 0.3 is 6.18 Å². The molecule has 3 rings (SSSR count). The molecule has 0 unspecified atom stereocenters. The van der Waals surface area contributed by atoms with Gasteiger partial charge in [0.15, 0.2) is 0 Å². The zero-order valence-electron chi connectivity index (χ0n) is 24.4. The molecule has 7 nitrogen and oxygen atoms in total. The van der Waals surface area contributed by atoms with Crippen LogP contribution in [0.5, 0.6) is 0 Å². The van der Waals surface area contributed by atoms with Crippen molar-refractivity contribution in [3.63, 3.8) is 0 Å². The highest BCUT2D eigenvalue weighted by Gasteiger charge is 2.37. The SMILES string of the molecule is CC[C@H](C(=O)NC(C)C)N(CCc1ccccc1)C(=O)CN(c1ccc(Cl)c(C(F)(F)F)c1)S(=O)(=O)c1ccc(C)cc1. The van der Waals surface area contributed by atoms with Gasteiger partial charge in [0.25, 0.3) is 10.0 Å². The van der Waals surface area contributed by atoms with Crippen LogP contribution in [0.4, 0.5) is 18.9 Å². The average Bonchev–Trinajstić information content (AvgIpc) is 2.94. The molecule has 0 aromatic heterocycles. The summed E-state index contributed by atoms with van der Waals surface area (Å²) in [4.78, 5) is 28.3. The average molecular weight is 638 g/mol. The minimum atomic E-state index is -4.87. The van der Waals surface area contributed by atoms with E-state index in [-0.39, 0.29) is 23.9 Å². The topological polar surface area (TPSA) is 86.8 Å². The number of aryl methyl sites for hydroxylation is 1. The largest absolute Gasteiger partial charge is 0.417 e. The van der Waals surface area contributed by atoms with Crippen molar-refractivity contribution in [2.24, 2.45) is 0 Å². The van der Waals surface area contributed by atoms with E-state index in [1.54, 1.807) is 39.8 Å². The predicted molar refractivity (Wildman–Crippen MR) is 161 cm³/mol. The molecule has 1 N–H and O–H groups in total. The second-order valence-electron chi connectivity index (χ2n) is 10.4. The van der Waals surface area contributed by atoms with Gasteiger partial charge < -0.3 is 10.2 Å². The van der Waals surface area contributed by atoms with Gasteiger partial charge in [-0.05, 0) is 69.5 Å². The maximum atomic E-state index is 14.0. The first-order valence-electron chi connectivity index (χ1n) is 13.7. The third-order valence-electron chi connectivity index (χ3n) is 6.73. The summed E-state index contributed by atoms with van der Waals surface area (Å²) in [5, 5.41) is 2.18. The first-order chi connectivity index (χ1) is 20.1. The number of hydrogen-bond acceptors (Lipinski definition) is 4. The molecule has 0 saturated carbocycles. The lowest BCUT2D eigenvalue weighted by molar-refractivity contribution is -0.139. The number of alkyl halides is 3. The van der Waals surface area contributed by atoms with Gasteiger partial charge in [0.1, 0.15) is 12.6 Å². The lowest BCUT2D eigenvalue weighted by Gasteiger charge is -2.33. The normalized spacial score (nSPS) is 12.6. The highest BCUT2D eigenvalue weighted by atomic mass is 35.5. The molecule has 0 aliphatic heterocycles. The zero-order valence-corrected chi connectivity index (χ0v) is 25.9. The van der Waals surface area contributed by atoms with Gasteiger partial charge in [-0.15, -0.1) is 0 Å². The lowest BCUT2D eigenvalue weighted by atomic mass is 10.1. The van der Waals surface area contributed by atoms with Crippen LogP contribution in [0.1, 0.15) is 43.9 Å². The standard InChI is InChI=1S/C31H35ClF3N3O4S/c1-5-28(30(40)36-21(2)3)37(18-17-23-9-7-6-8-10-23)29(39)20-38(43(41,42)25-14-11-22(4)12-15-25)24-13-16-27(32)26(19-24)31(33,34)35/h6-16,19,21,28H,5,17-18,20H2,1-4H3,(H,36,40)/t28-/m1/s1. The number of nitrogens with one attached hydrogen (secondary N) is 1. The Labute approximate surface area is 255 Å². The molecule has 0 fully saturated rings. The van der Waals surface area contributed by atoms with Crippen LogP contribution in [0.25, 0.3) is 0 Å². The summed E-state index contributed by atoms with van der Waals surface area (Å²) >= 11 is 5.82. The van der Waals surface area contributed by atoms with E-state index >= 15 is 0 Å². The van der Waals surface area contributed by atoms with Gasteiger partial charge in [0.2, 0.25) is 11.8 Å². The molecule has 232 valence electrons. The number of carbonyl (C=O) groups excluding carboxylic acids is 2. The molecular formula is C31H35ClF3N3O4S. The summed E-state index contributed by atoms with van der Waals surface area (Å²) in [5.74, 6) is -1.17. The van der Waals surface area contributed by atoms with Gasteiger partial charge in [-0.2, -0.15) is 13.2 Å². The number of carbonyl (C=O) groups is 2. The van der Waals surface area contributed by atoms with Gasteiger partial charge in [0.05, 0.1) is 21.2 Å². The Hall–Kier alpha value is -3.57. The lowest BCUT2D eigenvalue weighted by Crippen LogP contribution is -2.54. The minimum absolute atomic E-state index is 0.0692. The molecule has 1 atom stereocenters. The van der Waals surface area contributed by atoms with Crippen LogP contribution >= 0.6 is 11.6 Å². The summed E-state index contributed by atoms with van der Waals surface area (Å²) in [6.07, 6.45) is -4.29. The minimum Gasteiger partial charge on any atom is -0.352 e. The Morgan fingerprint density at radius 2 is 1.60 bits per heavy atom. The molecule has 0 aliphatic rings. The Bertz CT molecular complexity index is 1520. The smallest absolute Gasteiger partial charge is 0.352 e. The van der Waals surface area contributed by atoms with Gasteiger partial charge in [-0.3, -0.25) is 13.9 Å². The van der Waals surface area contributed by atoms with Crippen molar-refractivity contribution in [1.82, 2.24) is 10.2 Å². The molecule has 0 bridgehead atoms. The molecule has 3 aromatic carbocycles. The molecule has 0 radical (unpaired) electrons. The Kier molecular flexibility index (Phi) is 11.3. The number of nitrogens with zero attached hydrogens (tertiary/aromatic N) is 2. The highest BCUT2D eigenvalue weighted by Crippen LogP contribution is 2.38. The fourth-order valence-corrected chi connectivity index (χ4v) is 6.16. The Morgan fingerprint density at radius 3 is 2.16 bits per heavy atom. The number of rotatable bonds is 12. The van der Waals surface area contributed by atoms with Crippen molar-refractivity contribution >= 4 is 39.1 Å². The number of amides is 2. The van der Waals surface area contributed by atoms with E-state index in [2.05, 4.69) is 5.32 Å². The van der Waals surface area contributed by atoms with E-state index < -0.39 is 56.9 Å². The van der Waals surface area contributed by atoms with E-state index in [4.69, 9.17) is 11.6 Å². The molecule has 12 heteroatoms. The molecule has 0 saturated heterocycles. The summed E-state index contributed by atoms with van der Waals surface area (Å²) in [6, 6.07) is 16.5. The molecular weight excluding hydrogens is 603 g/mol. The van der Waals surface area contributed by atoms with Crippen LogP contribution in [-0.4, -0.2) is 50.3 Å². The molecule has 3 aromatic rings. The van der Waals surface area contributed by atoms with E-state index in [0.29, 0.717) is 16.8 Å². The maximum Gasteiger partial charge on any atom is 0.417 e. The first-order valence-corrected chi connectivity index (χ1v) is 15.6. The van der Waals surface area contributed by atoms with Gasteiger partial charge in [0, 0.05) is 12.6 Å². The molecule has 43 heavy (non-hydrogen) atoms. The van der Waals surface area contributed by atoms with Crippen molar-refractivity contribution in [2.75, 3.05) is 17.4 Å². The third kappa shape index (κ3) is 8.73. The summed E-state index contributed by atoms with van der Waals surface area (Å²) < 4.78 is 69.8. The van der Waals surface area contributed by atoms with Gasteiger partial charge in [-0.1, -0.05) is 66.6 Å². The first kappa shape index (κ1) is 33.9. The number of hydrogen-bond donors (Lipinski definition) is 1. The van der Waals surface area contributed by atoms with Crippen molar-refractivity contribution in [1.29, 1.82) is 0 Å². The van der Waals surface area contributed by atoms with Crippen LogP contribution < -0.4 is 9.62 Å². The van der Waals surface area contributed by atoms with Gasteiger partial charge in [-0.25, -0.2) is 8.42 Å². The third-order valence-corrected chi connectivity index (χ3v) is 8.85.